The second-order valence-corrected chi connectivity index (χ2v) is 6.72. The average Bonchev–Trinajstić information content (AvgIpc) is 3.17. The van der Waals surface area contributed by atoms with Gasteiger partial charge < -0.3 is 15.2 Å². The summed E-state index contributed by atoms with van der Waals surface area (Å²) in [5, 5.41) is 13.2. The zero-order valence-corrected chi connectivity index (χ0v) is 11.9. The Labute approximate surface area is 116 Å². The smallest absolute Gasteiger partial charge is 0.0586 e. The first-order valence-corrected chi connectivity index (χ1v) is 7.97. The highest BCUT2D eigenvalue weighted by atomic mass is 16.5. The second-order valence-electron chi connectivity index (χ2n) is 6.72. The number of nitrogens with one attached hydrogen (secondary N) is 1. The molecule has 110 valence electrons. The molecule has 3 aliphatic rings. The van der Waals surface area contributed by atoms with Crippen molar-refractivity contribution in [1.82, 2.24) is 10.2 Å². The minimum atomic E-state index is 0.322. The maximum atomic E-state index is 9.50. The van der Waals surface area contributed by atoms with Crippen LogP contribution in [0.2, 0.25) is 0 Å². The zero-order valence-electron chi connectivity index (χ0n) is 11.9. The summed E-state index contributed by atoms with van der Waals surface area (Å²) in [6, 6.07) is 1.19. The number of hydrogen-bond acceptors (Lipinski definition) is 4. The fourth-order valence-electron chi connectivity index (χ4n) is 3.58. The van der Waals surface area contributed by atoms with E-state index < -0.39 is 0 Å². The lowest BCUT2D eigenvalue weighted by molar-refractivity contribution is -0.0102. The average molecular weight is 268 g/mol. The number of nitrogens with zero attached hydrogens (tertiary/aromatic N) is 1. The van der Waals surface area contributed by atoms with E-state index in [4.69, 9.17) is 4.74 Å². The Bertz CT molecular complexity index is 288. The molecule has 0 aromatic rings. The number of aliphatic hydroxyl groups excluding tert-OH is 1. The first-order chi connectivity index (χ1) is 9.31. The Morgan fingerprint density at radius 2 is 2.00 bits per heavy atom. The summed E-state index contributed by atoms with van der Waals surface area (Å²) in [5.41, 5.74) is 0.374. The molecule has 19 heavy (non-hydrogen) atoms. The van der Waals surface area contributed by atoms with Gasteiger partial charge in [0.15, 0.2) is 0 Å². The Balaban J connectivity index is 1.60. The molecule has 0 spiro atoms. The highest BCUT2D eigenvalue weighted by molar-refractivity contribution is 4.93. The molecule has 0 aromatic carbocycles. The monoisotopic (exact) mass is 268 g/mol. The number of hydrogen-bond donors (Lipinski definition) is 2. The van der Waals surface area contributed by atoms with Gasteiger partial charge in [0.05, 0.1) is 6.61 Å². The molecular weight excluding hydrogens is 240 g/mol. The van der Waals surface area contributed by atoms with Crippen molar-refractivity contribution in [2.75, 3.05) is 39.5 Å². The normalized spacial score (nSPS) is 31.7. The van der Waals surface area contributed by atoms with Gasteiger partial charge in [0.2, 0.25) is 0 Å². The molecule has 1 unspecified atom stereocenters. The van der Waals surface area contributed by atoms with Crippen LogP contribution in [0.5, 0.6) is 0 Å². The van der Waals surface area contributed by atoms with Crippen LogP contribution < -0.4 is 5.32 Å². The maximum absolute atomic E-state index is 9.50. The van der Waals surface area contributed by atoms with Crippen LogP contribution in [0, 0.1) is 5.41 Å². The predicted octanol–water partition coefficient (Wildman–Crippen LogP) is 0.992. The molecule has 4 heteroatoms. The van der Waals surface area contributed by atoms with Gasteiger partial charge in [0.1, 0.15) is 0 Å². The quantitative estimate of drug-likeness (QED) is 0.754. The van der Waals surface area contributed by atoms with Crippen LogP contribution >= 0.6 is 0 Å². The van der Waals surface area contributed by atoms with E-state index in [-0.39, 0.29) is 0 Å². The third-order valence-corrected chi connectivity index (χ3v) is 5.14. The summed E-state index contributed by atoms with van der Waals surface area (Å²) < 4.78 is 5.57. The first-order valence-electron chi connectivity index (χ1n) is 7.97. The summed E-state index contributed by atoms with van der Waals surface area (Å²) in [6.07, 6.45) is 7.46. The lowest BCUT2D eigenvalue weighted by Crippen LogP contribution is -2.49. The molecule has 2 heterocycles. The van der Waals surface area contributed by atoms with Crippen LogP contribution in [-0.2, 0) is 4.74 Å². The van der Waals surface area contributed by atoms with E-state index in [1.165, 1.54) is 38.5 Å². The molecule has 1 saturated carbocycles. The van der Waals surface area contributed by atoms with Crippen molar-refractivity contribution in [2.45, 2.75) is 50.6 Å². The Morgan fingerprint density at radius 3 is 2.68 bits per heavy atom. The largest absolute Gasteiger partial charge is 0.395 e. The highest BCUT2D eigenvalue weighted by Gasteiger charge is 2.38. The SMILES string of the molecule is OCC1CCCN1CC1(CNC2CC2)CCOCC1. The van der Waals surface area contributed by atoms with Gasteiger partial charge in [-0.2, -0.15) is 0 Å². The minimum Gasteiger partial charge on any atom is -0.395 e. The van der Waals surface area contributed by atoms with Crippen LogP contribution in [0.4, 0.5) is 0 Å². The number of ether oxygens (including phenoxy) is 1. The molecule has 0 bridgehead atoms. The summed E-state index contributed by atoms with van der Waals surface area (Å²) >= 11 is 0. The number of likely N-dealkylation sites (tertiary alicyclic amines) is 1. The second kappa shape index (κ2) is 6.08. The molecule has 0 amide bonds. The van der Waals surface area contributed by atoms with E-state index in [1.807, 2.05) is 0 Å². The summed E-state index contributed by atoms with van der Waals surface area (Å²) in [6.45, 7) is 5.57. The van der Waals surface area contributed by atoms with Crippen LogP contribution in [0.25, 0.3) is 0 Å². The van der Waals surface area contributed by atoms with Crippen LogP contribution in [0.3, 0.4) is 0 Å². The number of rotatable bonds is 6. The highest BCUT2D eigenvalue weighted by Crippen LogP contribution is 2.34. The molecule has 0 radical (unpaired) electrons. The molecule has 4 nitrogen and oxygen atoms in total. The lowest BCUT2D eigenvalue weighted by atomic mass is 9.79. The molecule has 2 saturated heterocycles. The molecule has 1 aliphatic carbocycles. The van der Waals surface area contributed by atoms with Gasteiger partial charge in [0.25, 0.3) is 0 Å². The van der Waals surface area contributed by atoms with Crippen LogP contribution in [0.1, 0.15) is 38.5 Å². The molecule has 3 fully saturated rings. The van der Waals surface area contributed by atoms with Crippen molar-refractivity contribution >= 4 is 0 Å². The van der Waals surface area contributed by atoms with Crippen molar-refractivity contribution in [2.24, 2.45) is 5.41 Å². The van der Waals surface area contributed by atoms with Crippen molar-refractivity contribution in [3.63, 3.8) is 0 Å². The van der Waals surface area contributed by atoms with Gasteiger partial charge in [0, 0.05) is 38.4 Å². The van der Waals surface area contributed by atoms with E-state index in [2.05, 4.69) is 10.2 Å². The van der Waals surface area contributed by atoms with Gasteiger partial charge in [-0.3, -0.25) is 4.90 Å². The molecule has 1 atom stereocenters. The third kappa shape index (κ3) is 3.48. The summed E-state index contributed by atoms with van der Waals surface area (Å²) in [4.78, 5) is 2.53. The first kappa shape index (κ1) is 13.8. The van der Waals surface area contributed by atoms with E-state index in [0.29, 0.717) is 18.1 Å². The predicted molar refractivity (Wildman–Crippen MR) is 75.2 cm³/mol. The third-order valence-electron chi connectivity index (χ3n) is 5.14. The molecule has 2 aliphatic heterocycles. The van der Waals surface area contributed by atoms with Gasteiger partial charge in [-0.15, -0.1) is 0 Å². The zero-order chi connectivity index (χ0) is 13.1. The van der Waals surface area contributed by atoms with Crippen molar-refractivity contribution in [3.05, 3.63) is 0 Å². The van der Waals surface area contributed by atoms with Crippen molar-refractivity contribution < 1.29 is 9.84 Å². The Morgan fingerprint density at radius 1 is 1.21 bits per heavy atom. The van der Waals surface area contributed by atoms with Crippen LogP contribution in [-0.4, -0.2) is 61.5 Å². The van der Waals surface area contributed by atoms with Gasteiger partial charge in [-0.05, 0) is 50.5 Å². The van der Waals surface area contributed by atoms with Crippen LogP contribution in [0.15, 0.2) is 0 Å². The fraction of sp³-hybridized carbons (Fsp3) is 1.00. The summed E-state index contributed by atoms with van der Waals surface area (Å²) in [7, 11) is 0. The van der Waals surface area contributed by atoms with Gasteiger partial charge in [-0.25, -0.2) is 0 Å². The molecular formula is C15H28N2O2. The Hall–Kier alpha value is -0.160. The molecule has 2 N–H and O–H groups in total. The maximum Gasteiger partial charge on any atom is 0.0586 e. The minimum absolute atomic E-state index is 0.322. The standard InChI is InChI=1S/C15H28N2O2/c18-10-14-2-1-7-17(14)12-15(5-8-19-9-6-15)11-16-13-3-4-13/h13-14,16,18H,1-12H2. The van der Waals surface area contributed by atoms with E-state index in [9.17, 15) is 5.11 Å². The van der Waals surface area contributed by atoms with Gasteiger partial charge in [-0.1, -0.05) is 0 Å². The van der Waals surface area contributed by atoms with Crippen molar-refractivity contribution in [1.29, 1.82) is 0 Å². The van der Waals surface area contributed by atoms with E-state index in [1.54, 1.807) is 0 Å². The van der Waals surface area contributed by atoms with E-state index in [0.717, 1.165) is 38.9 Å². The topological polar surface area (TPSA) is 44.7 Å². The van der Waals surface area contributed by atoms with Gasteiger partial charge >= 0.3 is 0 Å². The molecule has 3 rings (SSSR count). The molecule has 0 aromatic heterocycles. The fourth-order valence-corrected chi connectivity index (χ4v) is 3.58. The summed E-state index contributed by atoms with van der Waals surface area (Å²) in [5.74, 6) is 0. The lowest BCUT2D eigenvalue weighted by Gasteiger charge is -2.41. The number of aliphatic hydroxyl groups is 1. The van der Waals surface area contributed by atoms with Crippen molar-refractivity contribution in [3.8, 4) is 0 Å². The Kier molecular flexibility index (Phi) is 4.42. The van der Waals surface area contributed by atoms with E-state index >= 15 is 0 Å².